The van der Waals surface area contributed by atoms with Crippen LogP contribution in [0.2, 0.25) is 5.02 Å². The summed E-state index contributed by atoms with van der Waals surface area (Å²) in [5.74, 6) is -0.758. The molecular formula is C23H21ClN2O2. The molecule has 0 radical (unpaired) electrons. The number of hydrogen-bond donors (Lipinski definition) is 0. The predicted octanol–water partition coefficient (Wildman–Crippen LogP) is 3.83. The summed E-state index contributed by atoms with van der Waals surface area (Å²) >= 11 is 5.87. The molecule has 0 aromatic heterocycles. The van der Waals surface area contributed by atoms with E-state index in [1.165, 1.54) is 11.1 Å². The van der Waals surface area contributed by atoms with E-state index in [0.29, 0.717) is 23.7 Å². The van der Waals surface area contributed by atoms with Crippen LogP contribution in [0.1, 0.15) is 41.5 Å². The molecule has 0 bridgehead atoms. The van der Waals surface area contributed by atoms with Gasteiger partial charge < -0.3 is 4.90 Å². The van der Waals surface area contributed by atoms with Crippen molar-refractivity contribution < 1.29 is 9.59 Å². The van der Waals surface area contributed by atoms with E-state index in [2.05, 4.69) is 12.1 Å². The number of rotatable bonds is 3. The van der Waals surface area contributed by atoms with Gasteiger partial charge in [0.25, 0.3) is 5.91 Å². The number of carbonyl (C=O) groups is 2. The molecule has 1 heterocycles. The maximum absolute atomic E-state index is 12.6. The summed E-state index contributed by atoms with van der Waals surface area (Å²) in [5, 5.41) is 9.72. The monoisotopic (exact) mass is 392 g/mol. The standard InChI is InChI=1S/C23H21ClN2O2/c24-19-4-1-16(2-5-19)14-21(27)22(28)26-11-9-23(10-12-26)8-7-18-13-17(15-25)3-6-20(18)23/h1-6,13H,7-12,14H2. The van der Waals surface area contributed by atoms with E-state index in [4.69, 9.17) is 16.9 Å². The Morgan fingerprint density at radius 2 is 1.79 bits per heavy atom. The summed E-state index contributed by atoms with van der Waals surface area (Å²) in [6, 6.07) is 15.2. The first-order chi connectivity index (χ1) is 13.5. The maximum atomic E-state index is 12.6. The van der Waals surface area contributed by atoms with Crippen molar-refractivity contribution >= 4 is 23.3 Å². The molecule has 1 aliphatic carbocycles. The van der Waals surface area contributed by atoms with E-state index in [9.17, 15) is 9.59 Å². The smallest absolute Gasteiger partial charge is 0.290 e. The van der Waals surface area contributed by atoms with E-state index < -0.39 is 0 Å². The molecule has 2 aromatic carbocycles. The van der Waals surface area contributed by atoms with E-state index in [1.54, 1.807) is 29.2 Å². The van der Waals surface area contributed by atoms with Gasteiger partial charge in [-0.25, -0.2) is 0 Å². The number of ketones is 1. The fourth-order valence-corrected chi connectivity index (χ4v) is 4.72. The molecule has 4 nitrogen and oxygen atoms in total. The third-order valence-electron chi connectivity index (χ3n) is 6.20. The van der Waals surface area contributed by atoms with Crippen LogP contribution in [0.25, 0.3) is 0 Å². The summed E-state index contributed by atoms with van der Waals surface area (Å²) in [6.07, 6.45) is 3.88. The van der Waals surface area contributed by atoms with E-state index >= 15 is 0 Å². The Morgan fingerprint density at radius 3 is 2.46 bits per heavy atom. The number of carbonyl (C=O) groups excluding carboxylic acids is 2. The molecule has 1 fully saturated rings. The first-order valence-corrected chi connectivity index (χ1v) is 9.99. The number of likely N-dealkylation sites (tertiary alicyclic amines) is 1. The van der Waals surface area contributed by atoms with Gasteiger partial charge in [0.05, 0.1) is 11.6 Å². The Balaban J connectivity index is 1.41. The number of nitrogens with zero attached hydrogens (tertiary/aromatic N) is 2. The summed E-state index contributed by atoms with van der Waals surface area (Å²) in [5.41, 5.74) is 4.17. The van der Waals surface area contributed by atoms with Crippen LogP contribution in [0.5, 0.6) is 0 Å². The van der Waals surface area contributed by atoms with E-state index in [-0.39, 0.29) is 23.5 Å². The van der Waals surface area contributed by atoms with Gasteiger partial charge >= 0.3 is 0 Å². The molecule has 2 aliphatic rings. The summed E-state index contributed by atoms with van der Waals surface area (Å²) in [7, 11) is 0. The highest BCUT2D eigenvalue weighted by atomic mass is 35.5. The van der Waals surface area contributed by atoms with Crippen LogP contribution in [-0.2, 0) is 27.8 Å². The van der Waals surface area contributed by atoms with E-state index in [0.717, 1.165) is 31.2 Å². The molecule has 0 atom stereocenters. The van der Waals surface area contributed by atoms with E-state index in [1.807, 2.05) is 12.1 Å². The Hall–Kier alpha value is -2.64. The molecular weight excluding hydrogens is 372 g/mol. The van der Waals surface area contributed by atoms with Crippen LogP contribution in [0.15, 0.2) is 42.5 Å². The van der Waals surface area contributed by atoms with Crippen molar-refractivity contribution in [3.63, 3.8) is 0 Å². The molecule has 0 saturated carbocycles. The van der Waals surface area contributed by atoms with Crippen LogP contribution < -0.4 is 0 Å². The second kappa shape index (κ2) is 7.41. The highest BCUT2D eigenvalue weighted by molar-refractivity contribution is 6.36. The lowest BCUT2D eigenvalue weighted by Gasteiger charge is -2.40. The van der Waals surface area contributed by atoms with Gasteiger partial charge in [0.1, 0.15) is 0 Å². The lowest BCUT2D eigenvalue weighted by atomic mass is 9.73. The molecule has 1 spiro atoms. The molecule has 0 unspecified atom stereocenters. The van der Waals surface area contributed by atoms with Gasteiger partial charge in [-0.15, -0.1) is 0 Å². The predicted molar refractivity (Wildman–Crippen MR) is 107 cm³/mol. The highest BCUT2D eigenvalue weighted by Gasteiger charge is 2.42. The van der Waals surface area contributed by atoms with Crippen molar-refractivity contribution in [2.75, 3.05) is 13.1 Å². The molecule has 0 N–H and O–H groups in total. The number of Topliss-reactive ketones (excluding diaryl/α,β-unsaturated/α-hetero) is 1. The van der Waals surface area contributed by atoms with Gasteiger partial charge in [0.2, 0.25) is 5.78 Å². The Bertz CT molecular complexity index is 967. The fraction of sp³-hybridized carbons (Fsp3) is 0.348. The van der Waals surface area contributed by atoms with Gasteiger partial charge in [-0.2, -0.15) is 5.26 Å². The molecule has 1 amide bonds. The number of amides is 1. The topological polar surface area (TPSA) is 61.2 Å². The Morgan fingerprint density at radius 1 is 1.07 bits per heavy atom. The molecule has 28 heavy (non-hydrogen) atoms. The lowest BCUT2D eigenvalue weighted by Crippen LogP contribution is -2.47. The third-order valence-corrected chi connectivity index (χ3v) is 6.45. The van der Waals surface area contributed by atoms with Gasteiger partial charge in [-0.1, -0.05) is 29.8 Å². The summed E-state index contributed by atoms with van der Waals surface area (Å²) in [4.78, 5) is 26.7. The average Bonchev–Trinajstić information content (AvgIpc) is 3.07. The third kappa shape index (κ3) is 3.43. The zero-order valence-corrected chi connectivity index (χ0v) is 16.3. The van der Waals surface area contributed by atoms with Crippen molar-refractivity contribution in [3.8, 4) is 6.07 Å². The number of halogens is 1. The Labute approximate surface area is 169 Å². The summed E-state index contributed by atoms with van der Waals surface area (Å²) < 4.78 is 0. The first kappa shape index (κ1) is 18.7. The van der Waals surface area contributed by atoms with Crippen LogP contribution in [-0.4, -0.2) is 29.7 Å². The van der Waals surface area contributed by atoms with Gasteiger partial charge in [-0.05, 0) is 72.1 Å². The van der Waals surface area contributed by atoms with Crippen LogP contribution in [0, 0.1) is 11.3 Å². The van der Waals surface area contributed by atoms with Crippen LogP contribution in [0.4, 0.5) is 0 Å². The zero-order chi connectivity index (χ0) is 19.7. The number of nitriles is 1. The number of fused-ring (bicyclic) bond motifs is 2. The number of benzene rings is 2. The lowest BCUT2D eigenvalue weighted by molar-refractivity contribution is -0.145. The van der Waals surface area contributed by atoms with Crippen molar-refractivity contribution in [3.05, 3.63) is 69.7 Å². The van der Waals surface area contributed by atoms with Crippen molar-refractivity contribution in [2.45, 2.75) is 37.5 Å². The maximum Gasteiger partial charge on any atom is 0.290 e. The largest absolute Gasteiger partial charge is 0.336 e. The van der Waals surface area contributed by atoms with Crippen molar-refractivity contribution in [1.29, 1.82) is 5.26 Å². The van der Waals surface area contributed by atoms with Gasteiger partial charge in [0.15, 0.2) is 0 Å². The number of hydrogen-bond acceptors (Lipinski definition) is 3. The van der Waals surface area contributed by atoms with Crippen LogP contribution in [0.3, 0.4) is 0 Å². The number of aryl methyl sites for hydroxylation is 1. The average molecular weight is 393 g/mol. The zero-order valence-electron chi connectivity index (χ0n) is 15.6. The SMILES string of the molecule is N#Cc1ccc2c(c1)CCC21CCN(C(=O)C(=O)Cc2ccc(Cl)cc2)CC1. The second-order valence-electron chi connectivity index (χ2n) is 7.78. The minimum absolute atomic E-state index is 0.0827. The Kier molecular flexibility index (Phi) is 4.95. The van der Waals surface area contributed by atoms with Gasteiger partial charge in [-0.3, -0.25) is 9.59 Å². The molecule has 5 heteroatoms. The minimum atomic E-state index is -0.386. The number of piperidine rings is 1. The highest BCUT2D eigenvalue weighted by Crippen LogP contribution is 2.46. The molecule has 1 aliphatic heterocycles. The molecule has 142 valence electrons. The fourth-order valence-electron chi connectivity index (χ4n) is 4.59. The minimum Gasteiger partial charge on any atom is -0.336 e. The second-order valence-corrected chi connectivity index (χ2v) is 8.22. The van der Waals surface area contributed by atoms with Gasteiger partial charge in [0, 0.05) is 24.5 Å². The normalized spacial score (nSPS) is 17.2. The molecule has 4 rings (SSSR count). The van der Waals surface area contributed by atoms with Crippen molar-refractivity contribution in [2.24, 2.45) is 0 Å². The summed E-state index contributed by atoms with van der Waals surface area (Å²) in [6.45, 7) is 1.20. The quantitative estimate of drug-likeness (QED) is 0.746. The molecule has 1 saturated heterocycles. The first-order valence-electron chi connectivity index (χ1n) is 9.61. The van der Waals surface area contributed by atoms with Crippen LogP contribution >= 0.6 is 11.6 Å². The molecule has 2 aromatic rings. The van der Waals surface area contributed by atoms with Crippen molar-refractivity contribution in [1.82, 2.24) is 4.90 Å².